The number of rotatable bonds is 8. The van der Waals surface area contributed by atoms with E-state index in [-0.39, 0.29) is 12.3 Å². The van der Waals surface area contributed by atoms with E-state index in [9.17, 15) is 10.1 Å². The molecule has 0 saturated heterocycles. The van der Waals surface area contributed by atoms with Gasteiger partial charge in [0.25, 0.3) is 5.69 Å². The minimum Gasteiger partial charge on any atom is -0.493 e. The predicted molar refractivity (Wildman–Crippen MR) is 125 cm³/mol. The van der Waals surface area contributed by atoms with Crippen molar-refractivity contribution in [3.63, 3.8) is 0 Å². The van der Waals surface area contributed by atoms with Crippen molar-refractivity contribution in [3.8, 4) is 11.5 Å². The first-order valence-corrected chi connectivity index (χ1v) is 10.7. The fraction of sp³-hybridized carbons (Fsp3) is 0.143. The standard InChI is InChI=1S/C21H17Br2ClN2O4/c1-29-20-9-14(11-25-15-4-7-17(22)19(24)10-15)8-18(23)21(20)30-12-13-2-5-16(6-3-13)26(27)28/h2-10,25H,11-12H2,1H3. The fourth-order valence-electron chi connectivity index (χ4n) is 2.69. The highest BCUT2D eigenvalue weighted by Gasteiger charge is 2.13. The van der Waals surface area contributed by atoms with Gasteiger partial charge in [-0.25, -0.2) is 0 Å². The molecule has 0 radical (unpaired) electrons. The number of nitrogens with zero attached hydrogens (tertiary/aromatic N) is 1. The largest absolute Gasteiger partial charge is 0.493 e. The number of nitro groups is 1. The van der Waals surface area contributed by atoms with E-state index in [0.29, 0.717) is 23.1 Å². The van der Waals surface area contributed by atoms with Crippen molar-refractivity contribution in [3.05, 3.63) is 89.8 Å². The van der Waals surface area contributed by atoms with E-state index in [2.05, 4.69) is 37.2 Å². The van der Waals surface area contributed by atoms with Crippen LogP contribution < -0.4 is 14.8 Å². The molecule has 3 rings (SSSR count). The van der Waals surface area contributed by atoms with Crippen molar-refractivity contribution in [2.75, 3.05) is 12.4 Å². The molecule has 9 heteroatoms. The molecule has 0 aliphatic heterocycles. The molecular formula is C21H17Br2ClN2O4. The van der Waals surface area contributed by atoms with Gasteiger partial charge in [0.2, 0.25) is 0 Å². The summed E-state index contributed by atoms with van der Waals surface area (Å²) in [5.74, 6) is 1.14. The first-order valence-electron chi connectivity index (χ1n) is 8.79. The molecule has 0 bridgehead atoms. The average molecular weight is 557 g/mol. The lowest BCUT2D eigenvalue weighted by Gasteiger charge is -2.15. The molecule has 1 N–H and O–H groups in total. The third kappa shape index (κ3) is 5.65. The van der Waals surface area contributed by atoms with Crippen LogP contribution in [-0.4, -0.2) is 12.0 Å². The van der Waals surface area contributed by atoms with Gasteiger partial charge in [-0.15, -0.1) is 0 Å². The van der Waals surface area contributed by atoms with Crippen LogP contribution in [0.15, 0.2) is 63.5 Å². The number of halogens is 3. The fourth-order valence-corrected chi connectivity index (χ4v) is 3.73. The Kier molecular flexibility index (Phi) is 7.58. The molecule has 6 nitrogen and oxygen atoms in total. The van der Waals surface area contributed by atoms with Crippen molar-refractivity contribution in [1.29, 1.82) is 0 Å². The quantitative estimate of drug-likeness (QED) is 0.240. The number of hydrogen-bond donors (Lipinski definition) is 1. The van der Waals surface area contributed by atoms with Crippen LogP contribution in [0.2, 0.25) is 5.02 Å². The van der Waals surface area contributed by atoms with Gasteiger partial charge in [0.15, 0.2) is 11.5 Å². The second-order valence-corrected chi connectivity index (χ2v) is 8.42. The maximum Gasteiger partial charge on any atom is 0.269 e. The third-order valence-electron chi connectivity index (χ3n) is 4.24. The SMILES string of the molecule is COc1cc(CNc2ccc(Br)c(Cl)c2)cc(Br)c1OCc1ccc([N+](=O)[O-])cc1. The molecule has 0 aliphatic carbocycles. The third-order valence-corrected chi connectivity index (χ3v) is 6.06. The zero-order valence-corrected chi connectivity index (χ0v) is 19.8. The molecule has 0 spiro atoms. The molecule has 0 aliphatic rings. The molecule has 3 aromatic carbocycles. The van der Waals surface area contributed by atoms with Crippen LogP contribution in [0, 0.1) is 10.1 Å². The van der Waals surface area contributed by atoms with E-state index in [1.807, 2.05) is 30.3 Å². The zero-order valence-electron chi connectivity index (χ0n) is 15.8. The van der Waals surface area contributed by atoms with E-state index in [1.165, 1.54) is 12.1 Å². The van der Waals surface area contributed by atoms with Crippen LogP contribution in [-0.2, 0) is 13.2 Å². The van der Waals surface area contributed by atoms with Crippen molar-refractivity contribution in [2.24, 2.45) is 0 Å². The van der Waals surface area contributed by atoms with E-state index >= 15 is 0 Å². The van der Waals surface area contributed by atoms with Crippen LogP contribution in [0.25, 0.3) is 0 Å². The van der Waals surface area contributed by atoms with Crippen LogP contribution in [0.1, 0.15) is 11.1 Å². The molecule has 0 heterocycles. The Morgan fingerprint density at radius 3 is 2.40 bits per heavy atom. The first-order chi connectivity index (χ1) is 14.4. The van der Waals surface area contributed by atoms with E-state index < -0.39 is 4.92 Å². The highest BCUT2D eigenvalue weighted by Crippen LogP contribution is 2.37. The van der Waals surface area contributed by atoms with Gasteiger partial charge < -0.3 is 14.8 Å². The number of nitrogens with one attached hydrogen (secondary N) is 1. The number of anilines is 1. The Labute approximate surface area is 195 Å². The number of ether oxygens (including phenoxy) is 2. The van der Waals surface area contributed by atoms with E-state index in [1.54, 1.807) is 19.2 Å². The molecule has 0 fully saturated rings. The highest BCUT2D eigenvalue weighted by atomic mass is 79.9. The molecule has 3 aromatic rings. The lowest BCUT2D eigenvalue weighted by molar-refractivity contribution is -0.384. The van der Waals surface area contributed by atoms with Crippen molar-refractivity contribution < 1.29 is 14.4 Å². The summed E-state index contributed by atoms with van der Waals surface area (Å²) in [6.07, 6.45) is 0. The summed E-state index contributed by atoms with van der Waals surface area (Å²) >= 11 is 13.1. The summed E-state index contributed by atoms with van der Waals surface area (Å²) < 4.78 is 13.0. The minimum absolute atomic E-state index is 0.0430. The lowest BCUT2D eigenvalue weighted by Crippen LogP contribution is -2.03. The Morgan fingerprint density at radius 1 is 1.03 bits per heavy atom. The molecule has 30 heavy (non-hydrogen) atoms. The first kappa shape index (κ1) is 22.4. The highest BCUT2D eigenvalue weighted by molar-refractivity contribution is 9.10. The van der Waals surface area contributed by atoms with E-state index in [4.69, 9.17) is 21.1 Å². The maximum atomic E-state index is 10.8. The monoisotopic (exact) mass is 554 g/mol. The maximum absolute atomic E-state index is 10.8. The summed E-state index contributed by atoms with van der Waals surface area (Å²) in [6, 6.07) is 15.7. The second-order valence-electron chi connectivity index (χ2n) is 6.30. The number of nitro benzene ring substituents is 1. The molecule has 0 atom stereocenters. The summed E-state index contributed by atoms with van der Waals surface area (Å²) in [5.41, 5.74) is 2.74. The topological polar surface area (TPSA) is 73.6 Å². The molecule has 0 saturated carbocycles. The van der Waals surface area contributed by atoms with Gasteiger partial charge >= 0.3 is 0 Å². The van der Waals surface area contributed by atoms with Gasteiger partial charge in [0, 0.05) is 28.8 Å². The molecule has 0 amide bonds. The average Bonchev–Trinajstić information content (AvgIpc) is 2.73. The second kappa shape index (κ2) is 10.1. The van der Waals surface area contributed by atoms with Crippen LogP contribution in [0.3, 0.4) is 0 Å². The number of methoxy groups -OCH3 is 1. The van der Waals surface area contributed by atoms with Crippen LogP contribution in [0.5, 0.6) is 11.5 Å². The summed E-state index contributed by atoms with van der Waals surface area (Å²) in [6.45, 7) is 0.817. The lowest BCUT2D eigenvalue weighted by atomic mass is 10.2. The van der Waals surface area contributed by atoms with Crippen LogP contribution in [0.4, 0.5) is 11.4 Å². The van der Waals surface area contributed by atoms with Crippen molar-refractivity contribution >= 4 is 54.8 Å². The number of non-ortho nitro benzene ring substituents is 1. The molecule has 0 unspecified atom stereocenters. The zero-order chi connectivity index (χ0) is 21.7. The van der Waals surface area contributed by atoms with Crippen LogP contribution >= 0.6 is 43.5 Å². The smallest absolute Gasteiger partial charge is 0.269 e. The van der Waals surface area contributed by atoms with Crippen molar-refractivity contribution in [1.82, 2.24) is 0 Å². The normalized spacial score (nSPS) is 10.5. The summed E-state index contributed by atoms with van der Waals surface area (Å²) in [7, 11) is 1.58. The van der Waals surface area contributed by atoms with Gasteiger partial charge in [0.05, 0.1) is 21.5 Å². The molecule has 0 aromatic heterocycles. The van der Waals surface area contributed by atoms with Gasteiger partial charge in [-0.05, 0) is 85.5 Å². The predicted octanol–water partition coefficient (Wildman–Crippen LogP) is 6.97. The van der Waals surface area contributed by atoms with Gasteiger partial charge in [-0.1, -0.05) is 11.6 Å². The summed E-state index contributed by atoms with van der Waals surface area (Å²) in [5, 5.41) is 14.7. The Morgan fingerprint density at radius 2 is 1.77 bits per heavy atom. The Balaban J connectivity index is 1.70. The number of hydrogen-bond acceptors (Lipinski definition) is 5. The van der Waals surface area contributed by atoms with Gasteiger partial charge in [-0.3, -0.25) is 10.1 Å². The number of benzene rings is 3. The molecule has 156 valence electrons. The van der Waals surface area contributed by atoms with E-state index in [0.717, 1.165) is 25.8 Å². The Bertz CT molecular complexity index is 1060. The Hall–Kier alpha value is -2.29. The minimum atomic E-state index is -0.431. The molecular weight excluding hydrogens is 540 g/mol. The van der Waals surface area contributed by atoms with Gasteiger partial charge in [0.1, 0.15) is 6.61 Å². The summed E-state index contributed by atoms with van der Waals surface area (Å²) in [4.78, 5) is 10.3. The van der Waals surface area contributed by atoms with Gasteiger partial charge in [-0.2, -0.15) is 0 Å². The van der Waals surface area contributed by atoms with Crippen molar-refractivity contribution in [2.45, 2.75) is 13.2 Å².